The van der Waals surface area contributed by atoms with E-state index in [0.29, 0.717) is 5.56 Å². The zero-order valence-corrected chi connectivity index (χ0v) is 15.7. The predicted octanol–water partition coefficient (Wildman–Crippen LogP) is -0.774. The Bertz CT molecular complexity index is 902. The Morgan fingerprint density at radius 1 is 1.31 bits per heavy atom. The number of fused-ring (bicyclic) bond motifs is 1. The van der Waals surface area contributed by atoms with Crippen molar-refractivity contribution in [2.75, 3.05) is 12.4 Å². The molecule has 0 saturated carbocycles. The normalized spacial score (nSPS) is 21.7. The van der Waals surface area contributed by atoms with Crippen molar-refractivity contribution in [3.63, 3.8) is 0 Å². The van der Waals surface area contributed by atoms with E-state index >= 15 is 0 Å². The number of hydrogen-bond donors (Lipinski definition) is 5. The Hall–Kier alpha value is -3.25. The molecule has 3 atom stereocenters. The van der Waals surface area contributed by atoms with Crippen molar-refractivity contribution in [3.8, 4) is 5.75 Å². The van der Waals surface area contributed by atoms with Crippen LogP contribution in [0, 0.1) is 0 Å². The van der Waals surface area contributed by atoms with Gasteiger partial charge in [0.05, 0.1) is 0 Å². The highest BCUT2D eigenvalue weighted by molar-refractivity contribution is 8.00. The summed E-state index contributed by atoms with van der Waals surface area (Å²) < 4.78 is 4.65. The van der Waals surface area contributed by atoms with Crippen molar-refractivity contribution in [1.29, 1.82) is 0 Å². The zero-order chi connectivity index (χ0) is 21.3. The van der Waals surface area contributed by atoms with E-state index in [1.54, 1.807) is 0 Å². The van der Waals surface area contributed by atoms with Crippen LogP contribution < -0.4 is 16.8 Å². The van der Waals surface area contributed by atoms with Crippen LogP contribution >= 0.6 is 11.8 Å². The first-order chi connectivity index (χ1) is 13.7. The van der Waals surface area contributed by atoms with Crippen LogP contribution in [-0.4, -0.2) is 62.8 Å². The number of aromatic hydroxyl groups is 1. The number of benzene rings is 1. The first kappa shape index (κ1) is 20.5. The van der Waals surface area contributed by atoms with Crippen molar-refractivity contribution >= 4 is 35.6 Å². The molecule has 0 aliphatic carbocycles. The van der Waals surface area contributed by atoms with E-state index in [9.17, 15) is 29.4 Å². The van der Waals surface area contributed by atoms with Crippen molar-refractivity contribution < 1.29 is 34.1 Å². The third-order valence-electron chi connectivity index (χ3n) is 4.47. The summed E-state index contributed by atoms with van der Waals surface area (Å²) in [6.45, 7) is -0.344. The Morgan fingerprint density at radius 2 is 1.97 bits per heavy atom. The third kappa shape index (κ3) is 3.98. The van der Waals surface area contributed by atoms with Crippen molar-refractivity contribution in [3.05, 3.63) is 41.1 Å². The highest BCUT2D eigenvalue weighted by Crippen LogP contribution is 2.40. The van der Waals surface area contributed by atoms with Crippen molar-refractivity contribution in [2.24, 2.45) is 11.5 Å². The minimum atomic E-state index is -1.35. The second-order valence-corrected chi connectivity index (χ2v) is 7.44. The molecule has 1 fully saturated rings. The number of nitrogens with one attached hydrogen (secondary N) is 1. The van der Waals surface area contributed by atoms with Crippen LogP contribution in [-0.2, 0) is 19.1 Å². The molecule has 3 rings (SSSR count). The number of carbonyl (C=O) groups excluding carboxylic acids is 3. The van der Waals surface area contributed by atoms with Crippen LogP contribution in [0.5, 0.6) is 5.75 Å². The van der Waals surface area contributed by atoms with Gasteiger partial charge in [0.2, 0.25) is 5.91 Å². The number of thioether (sulfide) groups is 1. The Kier molecular flexibility index (Phi) is 5.66. The summed E-state index contributed by atoms with van der Waals surface area (Å²) in [4.78, 5) is 48.4. The fourth-order valence-electron chi connectivity index (χ4n) is 3.03. The third-order valence-corrected chi connectivity index (χ3v) is 5.81. The lowest BCUT2D eigenvalue weighted by molar-refractivity contribution is -0.151. The second-order valence-electron chi connectivity index (χ2n) is 6.33. The summed E-state index contributed by atoms with van der Waals surface area (Å²) in [5.41, 5.74) is 11.2. The molecule has 2 aliphatic heterocycles. The number of phenols is 1. The molecule has 3 amide bonds. The molecule has 2 aliphatic rings. The van der Waals surface area contributed by atoms with Gasteiger partial charge in [-0.3, -0.25) is 14.5 Å². The maximum absolute atomic E-state index is 12.5. The molecule has 0 radical (unpaired) electrons. The highest BCUT2D eigenvalue weighted by atomic mass is 32.2. The fourth-order valence-corrected chi connectivity index (χ4v) is 4.36. The number of nitrogens with two attached hydrogens (primary N) is 2. The molecule has 29 heavy (non-hydrogen) atoms. The minimum Gasteiger partial charge on any atom is -0.508 e. The SMILES string of the molecule is NC(=O)OCC1=C(C(=O)O)N2C(=O)C(NC(=O)C(N)c3ccc(O)cc3)[C@@H]2SC1. The summed E-state index contributed by atoms with van der Waals surface area (Å²) in [5, 5.41) is 20.7. The zero-order valence-electron chi connectivity index (χ0n) is 14.9. The van der Waals surface area contributed by atoms with Gasteiger partial charge in [-0.05, 0) is 17.7 Å². The van der Waals surface area contributed by atoms with E-state index in [1.807, 2.05) is 0 Å². The largest absolute Gasteiger partial charge is 0.508 e. The minimum absolute atomic E-state index is 0.0221. The average Bonchev–Trinajstić information content (AvgIpc) is 2.69. The maximum atomic E-state index is 12.5. The highest BCUT2D eigenvalue weighted by Gasteiger charge is 2.54. The molecule has 0 spiro atoms. The molecule has 2 unspecified atom stereocenters. The fraction of sp³-hybridized carbons (Fsp3) is 0.294. The molecular formula is C17H18N4O7S. The summed E-state index contributed by atoms with van der Waals surface area (Å²) in [7, 11) is 0. The van der Waals surface area contributed by atoms with Crippen LogP contribution in [0.4, 0.5) is 4.79 Å². The number of β-lactam (4-membered cyclic amide) rings is 1. The Morgan fingerprint density at radius 3 is 2.55 bits per heavy atom. The maximum Gasteiger partial charge on any atom is 0.404 e. The predicted molar refractivity (Wildman–Crippen MR) is 100 cm³/mol. The van der Waals surface area contributed by atoms with E-state index in [2.05, 4.69) is 10.1 Å². The summed E-state index contributed by atoms with van der Waals surface area (Å²) >= 11 is 1.22. The lowest BCUT2D eigenvalue weighted by Gasteiger charge is -2.49. The van der Waals surface area contributed by atoms with Crippen LogP contribution in [0.1, 0.15) is 11.6 Å². The number of amides is 3. The lowest BCUT2D eigenvalue weighted by Crippen LogP contribution is -2.71. The molecule has 1 aromatic rings. The number of nitrogens with zero attached hydrogens (tertiary/aromatic N) is 1. The number of carboxylic acids is 1. The van der Waals surface area contributed by atoms with E-state index in [4.69, 9.17) is 11.5 Å². The van der Waals surface area contributed by atoms with Crippen molar-refractivity contribution in [1.82, 2.24) is 10.2 Å². The van der Waals surface area contributed by atoms with Gasteiger partial charge in [-0.25, -0.2) is 9.59 Å². The summed E-state index contributed by atoms with van der Waals surface area (Å²) in [6.07, 6.45) is -1.06. The van der Waals surface area contributed by atoms with Gasteiger partial charge >= 0.3 is 12.1 Å². The number of aliphatic carboxylic acids is 1. The lowest BCUT2D eigenvalue weighted by atomic mass is 10.0. The standard InChI is InChI=1S/C17H18N4O7S/c18-10(7-1-3-9(22)4-2-7)13(23)20-11-14(24)21-12(16(25)26)8(5-28-17(19)27)6-29-15(11)21/h1-4,10-11,15,22H,5-6,18H2,(H2,19,27)(H,20,23)(H,25,26)/t10?,11?,15-/m0/s1. The second kappa shape index (κ2) is 8.01. The number of ether oxygens (including phenoxy) is 1. The quantitative estimate of drug-likeness (QED) is 0.367. The van der Waals surface area contributed by atoms with Gasteiger partial charge in [0.25, 0.3) is 5.91 Å². The number of primary amides is 1. The van der Waals surface area contributed by atoms with Gasteiger partial charge in [-0.15, -0.1) is 11.8 Å². The number of phenolic OH excluding ortho intramolecular Hbond substituents is 1. The Labute approximate surface area is 168 Å². The van der Waals surface area contributed by atoms with Gasteiger partial charge in [-0.2, -0.15) is 0 Å². The van der Waals surface area contributed by atoms with Crippen LogP contribution in [0.3, 0.4) is 0 Å². The molecule has 2 heterocycles. The van der Waals surface area contributed by atoms with E-state index in [0.717, 1.165) is 4.90 Å². The molecule has 154 valence electrons. The topological polar surface area (TPSA) is 185 Å². The molecule has 0 aromatic heterocycles. The molecule has 1 saturated heterocycles. The van der Waals surface area contributed by atoms with Crippen LogP contribution in [0.2, 0.25) is 0 Å². The van der Waals surface area contributed by atoms with E-state index in [-0.39, 0.29) is 29.4 Å². The number of hydrogen-bond acceptors (Lipinski definition) is 8. The molecule has 7 N–H and O–H groups in total. The van der Waals surface area contributed by atoms with Crippen LogP contribution in [0.15, 0.2) is 35.5 Å². The number of carboxylic acid groups (broad SMARTS) is 1. The van der Waals surface area contributed by atoms with Gasteiger partial charge in [0, 0.05) is 11.3 Å². The molecule has 0 bridgehead atoms. The molecular weight excluding hydrogens is 404 g/mol. The first-order valence-corrected chi connectivity index (χ1v) is 9.42. The number of rotatable bonds is 6. The molecule has 11 nitrogen and oxygen atoms in total. The Balaban J connectivity index is 1.71. The molecule has 12 heteroatoms. The van der Waals surface area contributed by atoms with Crippen LogP contribution in [0.25, 0.3) is 0 Å². The van der Waals surface area contributed by atoms with Crippen molar-refractivity contribution in [2.45, 2.75) is 17.5 Å². The first-order valence-electron chi connectivity index (χ1n) is 8.37. The monoisotopic (exact) mass is 422 g/mol. The van der Waals surface area contributed by atoms with Gasteiger partial charge in [0.15, 0.2) is 0 Å². The molecule has 1 aromatic carbocycles. The summed E-state index contributed by atoms with van der Waals surface area (Å²) in [6, 6.07) is 3.73. The van der Waals surface area contributed by atoms with E-state index < -0.39 is 41.3 Å². The average molecular weight is 422 g/mol. The van der Waals surface area contributed by atoms with Gasteiger partial charge in [0.1, 0.15) is 35.5 Å². The number of carbonyl (C=O) groups is 4. The smallest absolute Gasteiger partial charge is 0.404 e. The van der Waals surface area contributed by atoms with E-state index in [1.165, 1.54) is 36.0 Å². The summed E-state index contributed by atoms with van der Waals surface area (Å²) in [5.74, 6) is -2.37. The van der Waals surface area contributed by atoms with Gasteiger partial charge < -0.3 is 31.7 Å². The van der Waals surface area contributed by atoms with Gasteiger partial charge in [-0.1, -0.05) is 12.1 Å².